The molecule has 0 aliphatic carbocycles. The zero-order valence-corrected chi connectivity index (χ0v) is 40.5. The van der Waals surface area contributed by atoms with Crippen LogP contribution in [0.25, 0.3) is 10.8 Å². The zero-order valence-electron chi connectivity index (χ0n) is 40.5. The number of likely N-dealkylation sites (tertiary alicyclic amines) is 1. The molecule has 2 saturated heterocycles. The number of piperidine rings is 1. The summed E-state index contributed by atoms with van der Waals surface area (Å²) in [5, 5.41) is 51.2. The number of phenols is 2. The number of rotatable bonds is 6. The minimum Gasteiger partial charge on any atom is -0.507 e. The van der Waals surface area contributed by atoms with Crippen LogP contribution in [0.1, 0.15) is 84.2 Å². The number of allylic oxidation sites excluding steroid dienone is 2. The van der Waals surface area contributed by atoms with E-state index in [4.69, 9.17) is 28.7 Å². The van der Waals surface area contributed by atoms with Gasteiger partial charge in [0.2, 0.25) is 0 Å². The first-order valence-corrected chi connectivity index (χ1v) is 23.6. The lowest BCUT2D eigenvalue weighted by molar-refractivity contribution is -0.165. The van der Waals surface area contributed by atoms with Gasteiger partial charge < -0.3 is 54.3 Å². The first-order valence-electron chi connectivity index (χ1n) is 23.6. The van der Waals surface area contributed by atoms with Crippen molar-refractivity contribution in [3.8, 4) is 17.2 Å². The number of methoxy groups -OCH3 is 1. The third kappa shape index (κ3) is 9.86. The van der Waals surface area contributed by atoms with Crippen molar-refractivity contribution < 1.29 is 58.5 Å². The second kappa shape index (κ2) is 20.0. The summed E-state index contributed by atoms with van der Waals surface area (Å²) in [6.07, 6.45) is 5.00. The number of nitrogens with zero attached hydrogens (tertiary/aromatic N) is 4. The molecule has 17 heteroatoms. The van der Waals surface area contributed by atoms with Crippen molar-refractivity contribution in [2.24, 2.45) is 39.6 Å². The number of ether oxygens (including phenoxy) is 5. The summed E-state index contributed by atoms with van der Waals surface area (Å²) in [6, 6.07) is 0. The molecule has 6 aliphatic heterocycles. The highest BCUT2D eigenvalue weighted by Crippen LogP contribution is 2.51. The molecule has 17 nitrogen and oxygen atoms in total. The fourth-order valence-corrected chi connectivity index (χ4v) is 10.2. The number of phenolic OH excluding ortho intramolecular Hbond substituents is 2. The first kappa shape index (κ1) is 50.0. The Hall–Kier alpha value is -4.91. The minimum absolute atomic E-state index is 0.0144. The number of carbonyl (C=O) groups is 3. The van der Waals surface area contributed by atoms with Crippen molar-refractivity contribution in [3.05, 3.63) is 58.0 Å². The number of carbonyl (C=O) groups excluding carboxylic acids is 3. The van der Waals surface area contributed by atoms with Gasteiger partial charge in [0.05, 0.1) is 61.0 Å². The second-order valence-electron chi connectivity index (χ2n) is 19.7. The molecule has 0 radical (unpaired) electrons. The molecule has 2 aromatic rings. The zero-order chi connectivity index (χ0) is 48.7. The summed E-state index contributed by atoms with van der Waals surface area (Å²) < 4.78 is 30.1. The van der Waals surface area contributed by atoms with E-state index in [9.17, 15) is 34.8 Å². The Morgan fingerprint density at radius 2 is 1.61 bits per heavy atom. The molecule has 366 valence electrons. The molecule has 9 atom stereocenters. The SMILES string of the molecule is CO[C@H]1/C=C/O[C@@]2(C)Oc3c(C)c(O)c4c(O)c(c5c(c4c3C2=O)NC2(CCN(CC(C)C)CC2)N=5)=NC(=O)/C(C)=C\C=C\[C@H](C)[C@H](O)[C@@H](C)[C@@H](O)[C@@H](C)C(OC(=O)CN2CCOCC2)[C@@H]1C. The normalized spacial score (nSPS) is 32.5. The van der Waals surface area contributed by atoms with Gasteiger partial charge in [-0.25, -0.2) is 4.99 Å². The number of benzene rings is 2. The number of aliphatic hydroxyl groups excluding tert-OH is 2. The maximum absolute atomic E-state index is 14.9. The van der Waals surface area contributed by atoms with Gasteiger partial charge in [0.25, 0.3) is 11.7 Å². The fourth-order valence-electron chi connectivity index (χ4n) is 10.2. The van der Waals surface area contributed by atoms with Gasteiger partial charge in [0.15, 0.2) is 5.75 Å². The second-order valence-corrected chi connectivity index (χ2v) is 19.7. The van der Waals surface area contributed by atoms with E-state index in [1.807, 2.05) is 11.8 Å². The number of amides is 1. The number of hydrogen-bond donors (Lipinski definition) is 5. The maximum atomic E-state index is 14.9. The molecule has 8 rings (SSSR count). The van der Waals surface area contributed by atoms with E-state index in [-0.39, 0.29) is 56.2 Å². The van der Waals surface area contributed by atoms with Crippen LogP contribution >= 0.6 is 0 Å². The van der Waals surface area contributed by atoms with Gasteiger partial charge >= 0.3 is 11.8 Å². The maximum Gasteiger partial charge on any atom is 0.320 e. The van der Waals surface area contributed by atoms with Gasteiger partial charge in [-0.15, -0.1) is 0 Å². The molecule has 1 spiro atoms. The van der Waals surface area contributed by atoms with E-state index >= 15 is 0 Å². The van der Waals surface area contributed by atoms with Crippen LogP contribution < -0.4 is 20.8 Å². The number of nitrogens with one attached hydrogen (secondary N) is 1. The van der Waals surface area contributed by atoms with Crippen LogP contribution in [0.2, 0.25) is 0 Å². The summed E-state index contributed by atoms with van der Waals surface area (Å²) in [5.74, 6) is -6.65. The lowest BCUT2D eigenvalue weighted by Crippen LogP contribution is -2.48. The number of esters is 1. The summed E-state index contributed by atoms with van der Waals surface area (Å²) in [5.41, 5.74) is -0.130. The monoisotopic (exact) mass is 931 g/mol. The molecule has 1 unspecified atom stereocenters. The van der Waals surface area contributed by atoms with Gasteiger partial charge in [-0.2, -0.15) is 0 Å². The molecule has 5 N–H and O–H groups in total. The molecule has 67 heavy (non-hydrogen) atoms. The van der Waals surface area contributed by atoms with Crippen LogP contribution in [0.3, 0.4) is 0 Å². The Morgan fingerprint density at radius 1 is 0.925 bits per heavy atom. The van der Waals surface area contributed by atoms with E-state index in [0.717, 1.165) is 19.6 Å². The highest BCUT2D eigenvalue weighted by atomic mass is 16.7. The van der Waals surface area contributed by atoms with E-state index in [1.165, 1.54) is 20.3 Å². The van der Waals surface area contributed by atoms with Gasteiger partial charge in [-0.05, 0) is 25.8 Å². The summed E-state index contributed by atoms with van der Waals surface area (Å²) in [4.78, 5) is 56.3. The number of Topliss-reactive ketones (excluding diaryl/α,β-unsaturated/α-hetero) is 1. The number of ketones is 1. The lowest BCUT2D eigenvalue weighted by atomic mass is 9.78. The van der Waals surface area contributed by atoms with Gasteiger partial charge in [-0.3, -0.25) is 24.3 Å². The summed E-state index contributed by atoms with van der Waals surface area (Å²) >= 11 is 0. The Kier molecular flexibility index (Phi) is 14.9. The third-order valence-electron chi connectivity index (χ3n) is 14.3. The molecular weight excluding hydrogens is 863 g/mol. The Labute approximate surface area is 392 Å². The Balaban J connectivity index is 1.35. The molecular formula is C50H69N5O12. The van der Waals surface area contributed by atoms with E-state index in [2.05, 4.69) is 29.1 Å². The minimum atomic E-state index is -1.97. The van der Waals surface area contributed by atoms with Crippen LogP contribution in [0.4, 0.5) is 5.69 Å². The van der Waals surface area contributed by atoms with Crippen molar-refractivity contribution >= 4 is 34.1 Å². The number of morpholine rings is 1. The van der Waals surface area contributed by atoms with Gasteiger partial charge in [0, 0.05) is 99.8 Å². The van der Waals surface area contributed by atoms with Crippen LogP contribution in [0.5, 0.6) is 17.2 Å². The van der Waals surface area contributed by atoms with Crippen molar-refractivity contribution in [1.29, 1.82) is 0 Å². The molecule has 2 fully saturated rings. The molecule has 2 aromatic carbocycles. The molecule has 0 saturated carbocycles. The highest BCUT2D eigenvalue weighted by molar-refractivity contribution is 6.21. The molecule has 6 heterocycles. The molecule has 1 amide bonds. The van der Waals surface area contributed by atoms with Crippen molar-refractivity contribution in [2.75, 3.05) is 64.9 Å². The Bertz CT molecular complexity index is 2460. The predicted molar refractivity (Wildman–Crippen MR) is 249 cm³/mol. The van der Waals surface area contributed by atoms with E-state index in [0.29, 0.717) is 50.8 Å². The largest absolute Gasteiger partial charge is 0.507 e. The van der Waals surface area contributed by atoms with Gasteiger partial charge in [0.1, 0.15) is 34.0 Å². The average Bonchev–Trinajstić information content (AvgIpc) is 3.80. The number of aliphatic hydroxyl groups is 2. The quantitative estimate of drug-likeness (QED) is 0.204. The van der Waals surface area contributed by atoms with Crippen molar-refractivity contribution in [2.45, 2.75) is 111 Å². The average molecular weight is 932 g/mol. The molecule has 6 aliphatic rings. The topological polar surface area (TPSA) is 222 Å². The van der Waals surface area contributed by atoms with Crippen molar-refractivity contribution in [1.82, 2.24) is 9.80 Å². The number of fused-ring (bicyclic) bond motifs is 13. The van der Waals surface area contributed by atoms with E-state index in [1.54, 1.807) is 58.9 Å². The smallest absolute Gasteiger partial charge is 0.320 e. The molecule has 0 aromatic heterocycles. The molecule has 5 bridgehead atoms. The summed E-state index contributed by atoms with van der Waals surface area (Å²) in [6.45, 7) is 20.5. The van der Waals surface area contributed by atoms with Crippen LogP contribution in [0, 0.1) is 36.5 Å². The fraction of sp³-hybridized carbons (Fsp3) is 0.620. The van der Waals surface area contributed by atoms with Crippen molar-refractivity contribution in [3.63, 3.8) is 0 Å². The van der Waals surface area contributed by atoms with E-state index < -0.39 is 82.9 Å². The highest BCUT2D eigenvalue weighted by Gasteiger charge is 2.51. The lowest BCUT2D eigenvalue weighted by Gasteiger charge is -2.38. The summed E-state index contributed by atoms with van der Waals surface area (Å²) in [7, 11) is 1.48. The standard InChI is InChI=1S/C50H69N5O12/c1-26(2)24-54-17-15-50(16-18-54)52-38-35-36-43(59)32(8)46-37(35)47(61)49(9,67-46)65-21-14-33(63-10)29(5)45(66-34(56)25-55-19-22-64-23-20-55)31(7)42(58)30(6)41(57)27(3)12-11-13-28(4)48(62)51-40(44(36)60)39(38)53-50/h11-14,21,26-27,29-31,33,41-42,45,52,57-60H,15-20,22-25H2,1-10H3/b12-11+,21-14+,28-13-,51-40?/t27-,29+,30+,31+,33-,41-,42+,45?,49-/m0/s1. The number of aromatic hydroxyl groups is 2. The first-order chi connectivity index (χ1) is 31.7. The number of hydrogen-bond acceptors (Lipinski definition) is 16. The Morgan fingerprint density at radius 3 is 2.27 bits per heavy atom. The number of anilines is 1. The third-order valence-corrected chi connectivity index (χ3v) is 14.3. The van der Waals surface area contributed by atoms with Crippen LogP contribution in [-0.2, 0) is 28.5 Å². The van der Waals surface area contributed by atoms with Crippen LogP contribution in [0.15, 0.2) is 46.1 Å². The van der Waals surface area contributed by atoms with Crippen LogP contribution in [-0.4, -0.2) is 143 Å². The predicted octanol–water partition coefficient (Wildman–Crippen LogP) is 4.06. The van der Waals surface area contributed by atoms with Gasteiger partial charge in [-0.1, -0.05) is 59.8 Å².